The van der Waals surface area contributed by atoms with Gasteiger partial charge in [-0.15, -0.1) is 0 Å². The number of hydrogen-bond acceptors (Lipinski definition) is 4. The van der Waals surface area contributed by atoms with Crippen molar-refractivity contribution in [2.24, 2.45) is 0 Å². The Hall–Kier alpha value is -2.15. The molecule has 1 fully saturated rings. The van der Waals surface area contributed by atoms with Crippen molar-refractivity contribution in [2.75, 3.05) is 18.1 Å². The van der Waals surface area contributed by atoms with Crippen molar-refractivity contribution in [3.05, 3.63) is 48.3 Å². The molecule has 0 saturated carbocycles. The third-order valence-electron chi connectivity index (χ3n) is 4.22. The van der Waals surface area contributed by atoms with E-state index in [-0.39, 0.29) is 23.5 Å². The zero-order chi connectivity index (χ0) is 17.2. The Morgan fingerprint density at radius 2 is 2.08 bits per heavy atom. The largest absolute Gasteiger partial charge is 0.335 e. The van der Waals surface area contributed by atoms with Gasteiger partial charge in [-0.2, -0.15) is 5.10 Å². The monoisotopic (exact) mass is 347 g/mol. The summed E-state index contributed by atoms with van der Waals surface area (Å²) in [4.78, 5) is 14.5. The van der Waals surface area contributed by atoms with Gasteiger partial charge in [0.1, 0.15) is 0 Å². The molecule has 1 atom stereocenters. The summed E-state index contributed by atoms with van der Waals surface area (Å²) < 4.78 is 25.1. The van der Waals surface area contributed by atoms with Gasteiger partial charge in [0.05, 0.1) is 29.0 Å². The van der Waals surface area contributed by atoms with Crippen LogP contribution in [0, 0.1) is 0 Å². The smallest absolute Gasteiger partial charge is 0.257 e. The van der Waals surface area contributed by atoms with Crippen LogP contribution in [0.25, 0.3) is 5.69 Å². The summed E-state index contributed by atoms with van der Waals surface area (Å²) in [6, 6.07) is 9.32. The van der Waals surface area contributed by atoms with Crippen LogP contribution in [0.2, 0.25) is 0 Å². The molecule has 128 valence electrons. The van der Waals surface area contributed by atoms with Crippen LogP contribution < -0.4 is 0 Å². The van der Waals surface area contributed by atoms with Gasteiger partial charge in [-0.05, 0) is 25.0 Å². The number of carbonyl (C=O) groups excluding carboxylic acids is 1. The number of aromatic nitrogens is 2. The summed E-state index contributed by atoms with van der Waals surface area (Å²) in [6.45, 7) is 2.53. The number of sulfone groups is 1. The molecule has 0 N–H and O–H groups in total. The highest BCUT2D eigenvalue weighted by molar-refractivity contribution is 7.91. The van der Waals surface area contributed by atoms with Crippen molar-refractivity contribution in [1.82, 2.24) is 14.7 Å². The number of benzene rings is 1. The molecule has 24 heavy (non-hydrogen) atoms. The van der Waals surface area contributed by atoms with Crippen LogP contribution in [0.5, 0.6) is 0 Å². The number of carbonyl (C=O) groups is 1. The molecule has 2 heterocycles. The molecular weight excluding hydrogens is 326 g/mol. The summed E-state index contributed by atoms with van der Waals surface area (Å²) in [5, 5.41) is 4.26. The molecular formula is C17H21N3O3S. The first-order valence-corrected chi connectivity index (χ1v) is 9.94. The number of nitrogens with zero attached hydrogens (tertiary/aromatic N) is 3. The van der Waals surface area contributed by atoms with E-state index < -0.39 is 9.84 Å². The molecule has 0 radical (unpaired) electrons. The van der Waals surface area contributed by atoms with Gasteiger partial charge in [-0.3, -0.25) is 4.79 Å². The van der Waals surface area contributed by atoms with E-state index in [0.717, 1.165) is 12.1 Å². The van der Waals surface area contributed by atoms with Gasteiger partial charge < -0.3 is 4.90 Å². The predicted molar refractivity (Wildman–Crippen MR) is 92.0 cm³/mol. The summed E-state index contributed by atoms with van der Waals surface area (Å²) in [6.07, 6.45) is 4.54. The second kappa shape index (κ2) is 6.76. The zero-order valence-electron chi connectivity index (χ0n) is 13.6. The van der Waals surface area contributed by atoms with E-state index >= 15 is 0 Å². The Kier molecular flexibility index (Phi) is 4.71. The standard InChI is InChI=1S/C17H21N3O3S/c1-2-9-19(16-8-10-24(22,23)13-16)17(21)14-11-18-20(12-14)15-6-4-3-5-7-15/h3-7,11-12,16H,2,8-10,13H2,1H3. The lowest BCUT2D eigenvalue weighted by Gasteiger charge is -2.27. The molecule has 1 unspecified atom stereocenters. The second-order valence-corrected chi connectivity index (χ2v) is 8.29. The van der Waals surface area contributed by atoms with Crippen molar-refractivity contribution < 1.29 is 13.2 Å². The molecule has 1 aliphatic rings. The van der Waals surface area contributed by atoms with Crippen LogP contribution in [0.1, 0.15) is 30.1 Å². The Morgan fingerprint density at radius 3 is 2.71 bits per heavy atom. The predicted octanol–water partition coefficient (Wildman–Crippen LogP) is 1.91. The number of amides is 1. The molecule has 6 nitrogen and oxygen atoms in total. The van der Waals surface area contributed by atoms with Crippen molar-refractivity contribution in [1.29, 1.82) is 0 Å². The lowest BCUT2D eigenvalue weighted by Crippen LogP contribution is -2.41. The van der Waals surface area contributed by atoms with E-state index in [4.69, 9.17) is 0 Å². The average molecular weight is 347 g/mol. The van der Waals surface area contributed by atoms with Crippen molar-refractivity contribution in [3.8, 4) is 5.69 Å². The molecule has 2 aromatic rings. The average Bonchev–Trinajstić information content (AvgIpc) is 3.19. The number of hydrogen-bond donors (Lipinski definition) is 0. The molecule has 0 bridgehead atoms. The number of para-hydroxylation sites is 1. The molecule has 7 heteroatoms. The minimum atomic E-state index is -3.03. The maximum absolute atomic E-state index is 12.9. The van der Waals surface area contributed by atoms with Gasteiger partial charge >= 0.3 is 0 Å². The molecule has 1 aromatic heterocycles. The van der Waals surface area contributed by atoms with Crippen LogP contribution >= 0.6 is 0 Å². The van der Waals surface area contributed by atoms with E-state index in [9.17, 15) is 13.2 Å². The third kappa shape index (κ3) is 3.51. The van der Waals surface area contributed by atoms with E-state index in [1.54, 1.807) is 22.0 Å². The minimum absolute atomic E-state index is 0.0611. The molecule has 1 amide bonds. The maximum Gasteiger partial charge on any atom is 0.257 e. The Labute approximate surface area is 142 Å². The topological polar surface area (TPSA) is 72.3 Å². The van der Waals surface area contributed by atoms with Crippen LogP contribution in [-0.2, 0) is 9.84 Å². The highest BCUT2D eigenvalue weighted by Gasteiger charge is 2.34. The first kappa shape index (κ1) is 16.7. The van der Waals surface area contributed by atoms with Crippen molar-refractivity contribution in [2.45, 2.75) is 25.8 Å². The SMILES string of the molecule is CCCN(C(=O)c1cnn(-c2ccccc2)c1)C1CCS(=O)(=O)C1. The first-order chi connectivity index (χ1) is 11.5. The molecule has 1 saturated heterocycles. The number of rotatable bonds is 5. The van der Waals surface area contributed by atoms with Gasteiger partial charge in [-0.1, -0.05) is 25.1 Å². The van der Waals surface area contributed by atoms with Gasteiger partial charge in [0.2, 0.25) is 0 Å². The van der Waals surface area contributed by atoms with E-state index in [0.29, 0.717) is 18.5 Å². The minimum Gasteiger partial charge on any atom is -0.335 e. The summed E-state index contributed by atoms with van der Waals surface area (Å²) >= 11 is 0. The fourth-order valence-electron chi connectivity index (χ4n) is 3.03. The molecule has 0 aliphatic carbocycles. The van der Waals surface area contributed by atoms with E-state index in [1.165, 1.54) is 0 Å². The zero-order valence-corrected chi connectivity index (χ0v) is 14.4. The lowest BCUT2D eigenvalue weighted by atomic mass is 10.2. The lowest BCUT2D eigenvalue weighted by molar-refractivity contribution is 0.0697. The highest BCUT2D eigenvalue weighted by Crippen LogP contribution is 2.20. The summed E-state index contributed by atoms with van der Waals surface area (Å²) in [5.41, 5.74) is 1.36. The summed E-state index contributed by atoms with van der Waals surface area (Å²) in [5.74, 6) is 0.0705. The second-order valence-electron chi connectivity index (χ2n) is 6.06. The normalized spacial score (nSPS) is 19.3. The van der Waals surface area contributed by atoms with Crippen molar-refractivity contribution >= 4 is 15.7 Å². The van der Waals surface area contributed by atoms with Gasteiger partial charge in [0.25, 0.3) is 5.91 Å². The first-order valence-electron chi connectivity index (χ1n) is 8.11. The van der Waals surface area contributed by atoms with Crippen LogP contribution in [-0.4, -0.2) is 53.1 Å². The Morgan fingerprint density at radius 1 is 1.33 bits per heavy atom. The highest BCUT2D eigenvalue weighted by atomic mass is 32.2. The fraction of sp³-hybridized carbons (Fsp3) is 0.412. The Bertz CT molecular complexity index is 815. The summed E-state index contributed by atoms with van der Waals surface area (Å²) in [7, 11) is -3.03. The van der Waals surface area contributed by atoms with Crippen LogP contribution in [0.3, 0.4) is 0 Å². The molecule has 0 spiro atoms. The van der Waals surface area contributed by atoms with E-state index in [1.807, 2.05) is 37.3 Å². The van der Waals surface area contributed by atoms with Crippen molar-refractivity contribution in [3.63, 3.8) is 0 Å². The molecule has 1 aromatic carbocycles. The van der Waals surface area contributed by atoms with Gasteiger partial charge in [0, 0.05) is 18.8 Å². The Balaban J connectivity index is 1.82. The fourth-order valence-corrected chi connectivity index (χ4v) is 4.76. The van der Waals surface area contributed by atoms with Crippen LogP contribution in [0.4, 0.5) is 0 Å². The van der Waals surface area contributed by atoms with Gasteiger partial charge in [-0.25, -0.2) is 13.1 Å². The van der Waals surface area contributed by atoms with E-state index in [2.05, 4.69) is 5.10 Å². The molecule has 3 rings (SSSR count). The van der Waals surface area contributed by atoms with Crippen LogP contribution in [0.15, 0.2) is 42.7 Å². The quantitative estimate of drug-likeness (QED) is 0.828. The molecule has 1 aliphatic heterocycles. The third-order valence-corrected chi connectivity index (χ3v) is 5.98. The maximum atomic E-state index is 12.9. The van der Waals surface area contributed by atoms with Gasteiger partial charge in [0.15, 0.2) is 9.84 Å².